The molecule has 1 rings (SSSR count). The summed E-state index contributed by atoms with van der Waals surface area (Å²) in [5, 5.41) is 8.06. The fraction of sp³-hybridized carbons (Fsp3) is 0.600. The summed E-state index contributed by atoms with van der Waals surface area (Å²) in [5.41, 5.74) is 6.21. The predicted molar refractivity (Wildman–Crippen MR) is 59.9 cm³/mol. The minimum atomic E-state index is -0.167. The summed E-state index contributed by atoms with van der Waals surface area (Å²) < 4.78 is 0. The Labute approximate surface area is 86.2 Å². The molecule has 4 nitrogen and oxygen atoms in total. The van der Waals surface area contributed by atoms with Gasteiger partial charge >= 0.3 is 0 Å². The van der Waals surface area contributed by atoms with Crippen LogP contribution in [-0.2, 0) is 0 Å². The number of nitrogen functional groups attached to an aromatic ring is 1. The number of anilines is 1. The number of aryl methyl sites for hydroxylation is 1. The van der Waals surface area contributed by atoms with E-state index in [0.29, 0.717) is 5.82 Å². The summed E-state index contributed by atoms with van der Waals surface area (Å²) in [4.78, 5) is 7.56. The van der Waals surface area contributed by atoms with Crippen LogP contribution >= 0.6 is 0 Å². The molecule has 1 aromatic rings. The highest BCUT2D eigenvalue weighted by Gasteiger charge is 1.83. The van der Waals surface area contributed by atoms with Gasteiger partial charge in [-0.2, -0.15) is 0 Å². The van der Waals surface area contributed by atoms with Crippen LogP contribution in [0.25, 0.3) is 0 Å². The zero-order valence-electron chi connectivity index (χ0n) is 9.65. The Balaban J connectivity index is 0. The molecular weight excluding hydrogens is 178 g/mol. The first-order valence-electron chi connectivity index (χ1n) is 4.74. The summed E-state index contributed by atoms with van der Waals surface area (Å²) in [6, 6.07) is 1.72. The van der Waals surface area contributed by atoms with E-state index in [1.54, 1.807) is 19.9 Å². The third-order valence-corrected chi connectivity index (χ3v) is 0.825. The number of rotatable bonds is 0. The smallest absolute Gasteiger partial charge is 0.126 e. The van der Waals surface area contributed by atoms with Crippen molar-refractivity contribution >= 4 is 5.82 Å². The molecule has 1 aromatic heterocycles. The van der Waals surface area contributed by atoms with Crippen molar-refractivity contribution in [2.75, 3.05) is 5.73 Å². The van der Waals surface area contributed by atoms with Gasteiger partial charge in [0.05, 0.1) is 0 Å². The molecule has 0 aliphatic carbocycles. The highest BCUT2D eigenvalue weighted by Crippen LogP contribution is 1.94. The van der Waals surface area contributed by atoms with Gasteiger partial charge in [-0.15, -0.1) is 0 Å². The van der Waals surface area contributed by atoms with E-state index in [-0.39, 0.29) is 6.10 Å². The summed E-state index contributed by atoms with van der Waals surface area (Å²) >= 11 is 0. The second-order valence-electron chi connectivity index (χ2n) is 2.68. The molecule has 0 bridgehead atoms. The van der Waals surface area contributed by atoms with E-state index in [4.69, 9.17) is 10.8 Å². The Bertz CT molecular complexity index is 206. The van der Waals surface area contributed by atoms with Crippen molar-refractivity contribution in [1.29, 1.82) is 0 Å². The number of aliphatic hydroxyl groups is 1. The van der Waals surface area contributed by atoms with Crippen LogP contribution in [0.4, 0.5) is 5.82 Å². The van der Waals surface area contributed by atoms with Gasteiger partial charge in [0.15, 0.2) is 0 Å². The third-order valence-electron chi connectivity index (χ3n) is 0.825. The fourth-order valence-electron chi connectivity index (χ4n) is 0.475. The Kier molecular flexibility index (Phi) is 10.9. The summed E-state index contributed by atoms with van der Waals surface area (Å²) in [6.45, 7) is 9.32. The quantitative estimate of drug-likeness (QED) is 0.668. The van der Waals surface area contributed by atoms with Gasteiger partial charge in [0, 0.05) is 17.9 Å². The van der Waals surface area contributed by atoms with Crippen molar-refractivity contribution in [3.63, 3.8) is 0 Å². The maximum Gasteiger partial charge on any atom is 0.126 e. The van der Waals surface area contributed by atoms with Crippen LogP contribution in [0.2, 0.25) is 0 Å². The number of aliphatic hydroxyl groups excluding tert-OH is 1. The van der Waals surface area contributed by atoms with Crippen molar-refractivity contribution in [3.05, 3.63) is 18.1 Å². The molecule has 4 heteroatoms. The van der Waals surface area contributed by atoms with Gasteiger partial charge in [-0.25, -0.2) is 9.97 Å². The second kappa shape index (κ2) is 9.92. The van der Waals surface area contributed by atoms with Gasteiger partial charge in [0.2, 0.25) is 0 Å². The standard InChI is InChI=1S/C5H7N3.C3H8O.C2H6/c1-4-2-5(6)8-3-7-4;1-3(2)4;1-2/h2-3H,1H3,(H2,6,7,8);3-4H,1-2H3;1-2H3. The van der Waals surface area contributed by atoms with E-state index in [1.807, 2.05) is 20.8 Å². The molecule has 0 amide bonds. The zero-order chi connectivity index (χ0) is 11.6. The highest BCUT2D eigenvalue weighted by molar-refractivity contribution is 5.26. The maximum atomic E-state index is 8.06. The Hall–Kier alpha value is -1.16. The van der Waals surface area contributed by atoms with Crippen LogP contribution in [0, 0.1) is 6.92 Å². The van der Waals surface area contributed by atoms with Crippen molar-refractivity contribution in [3.8, 4) is 0 Å². The van der Waals surface area contributed by atoms with Crippen molar-refractivity contribution in [2.45, 2.75) is 40.7 Å². The summed E-state index contributed by atoms with van der Waals surface area (Å²) in [6.07, 6.45) is 1.28. The Morgan fingerprint density at radius 2 is 1.71 bits per heavy atom. The second-order valence-corrected chi connectivity index (χ2v) is 2.68. The molecule has 3 N–H and O–H groups in total. The number of aromatic nitrogens is 2. The molecule has 0 fully saturated rings. The molecule has 1 heterocycles. The Morgan fingerprint density at radius 3 is 1.93 bits per heavy atom. The molecule has 0 saturated heterocycles. The molecule has 0 unspecified atom stereocenters. The molecule has 0 aliphatic heterocycles. The Morgan fingerprint density at radius 1 is 1.29 bits per heavy atom. The van der Waals surface area contributed by atoms with Crippen molar-refractivity contribution < 1.29 is 5.11 Å². The van der Waals surface area contributed by atoms with Gasteiger partial charge in [0.1, 0.15) is 12.1 Å². The van der Waals surface area contributed by atoms with Gasteiger partial charge in [-0.05, 0) is 20.8 Å². The molecule has 0 aromatic carbocycles. The zero-order valence-corrected chi connectivity index (χ0v) is 9.65. The third kappa shape index (κ3) is 13.4. The van der Waals surface area contributed by atoms with Crippen LogP contribution in [0.1, 0.15) is 33.4 Å². The molecule has 0 spiro atoms. The minimum Gasteiger partial charge on any atom is -0.394 e. The first-order valence-corrected chi connectivity index (χ1v) is 4.74. The van der Waals surface area contributed by atoms with Crippen LogP contribution in [0.3, 0.4) is 0 Å². The molecule has 82 valence electrons. The van der Waals surface area contributed by atoms with E-state index in [9.17, 15) is 0 Å². The lowest BCUT2D eigenvalue weighted by atomic mass is 10.4. The van der Waals surface area contributed by atoms with E-state index in [2.05, 4.69) is 9.97 Å². The monoisotopic (exact) mass is 199 g/mol. The van der Waals surface area contributed by atoms with Gasteiger partial charge in [-0.3, -0.25) is 0 Å². The minimum absolute atomic E-state index is 0.167. The largest absolute Gasteiger partial charge is 0.394 e. The highest BCUT2D eigenvalue weighted by atomic mass is 16.3. The fourth-order valence-corrected chi connectivity index (χ4v) is 0.475. The lowest BCUT2D eigenvalue weighted by Crippen LogP contribution is -1.90. The molecule has 0 radical (unpaired) electrons. The van der Waals surface area contributed by atoms with Crippen LogP contribution in [0.15, 0.2) is 12.4 Å². The van der Waals surface area contributed by atoms with E-state index in [1.165, 1.54) is 6.33 Å². The topological polar surface area (TPSA) is 72.0 Å². The lowest BCUT2D eigenvalue weighted by molar-refractivity contribution is 0.216. The van der Waals surface area contributed by atoms with Crippen LogP contribution < -0.4 is 5.73 Å². The maximum absolute atomic E-state index is 8.06. The van der Waals surface area contributed by atoms with Crippen LogP contribution in [0.5, 0.6) is 0 Å². The van der Waals surface area contributed by atoms with E-state index >= 15 is 0 Å². The normalized spacial score (nSPS) is 8.21. The number of hydrogen-bond acceptors (Lipinski definition) is 4. The van der Waals surface area contributed by atoms with Crippen molar-refractivity contribution in [1.82, 2.24) is 9.97 Å². The van der Waals surface area contributed by atoms with Gasteiger partial charge in [-0.1, -0.05) is 13.8 Å². The average molecular weight is 199 g/mol. The summed E-state index contributed by atoms with van der Waals surface area (Å²) in [7, 11) is 0. The molecule has 0 atom stereocenters. The number of hydrogen-bond donors (Lipinski definition) is 2. The predicted octanol–water partition coefficient (Wildman–Crippen LogP) is 1.78. The number of nitrogens with two attached hydrogens (primary N) is 1. The molecule has 14 heavy (non-hydrogen) atoms. The molecule has 0 saturated carbocycles. The molecule has 0 aliphatic rings. The molecular formula is C10H21N3O. The average Bonchev–Trinajstić information content (AvgIpc) is 2.06. The van der Waals surface area contributed by atoms with Crippen LogP contribution in [-0.4, -0.2) is 21.2 Å². The lowest BCUT2D eigenvalue weighted by Gasteiger charge is -1.89. The first-order chi connectivity index (χ1) is 6.52. The van der Waals surface area contributed by atoms with Crippen molar-refractivity contribution in [2.24, 2.45) is 0 Å². The first kappa shape index (κ1) is 15.3. The van der Waals surface area contributed by atoms with E-state index < -0.39 is 0 Å². The van der Waals surface area contributed by atoms with Gasteiger partial charge in [0.25, 0.3) is 0 Å². The SMILES string of the molecule is CC.CC(C)O.Cc1cc(N)ncn1. The summed E-state index contributed by atoms with van der Waals surface area (Å²) in [5.74, 6) is 0.525. The number of nitrogens with zero attached hydrogens (tertiary/aromatic N) is 2. The van der Waals surface area contributed by atoms with E-state index in [0.717, 1.165) is 5.69 Å². The van der Waals surface area contributed by atoms with Gasteiger partial charge < -0.3 is 10.8 Å².